The van der Waals surface area contributed by atoms with Crippen LogP contribution in [0.5, 0.6) is 0 Å². The lowest BCUT2D eigenvalue weighted by Crippen LogP contribution is -2.17. The van der Waals surface area contributed by atoms with Crippen LogP contribution in [0.4, 0.5) is 4.39 Å². The number of aryl methyl sites for hydroxylation is 1. The molecule has 2 heterocycles. The van der Waals surface area contributed by atoms with Crippen molar-refractivity contribution < 1.29 is 23.2 Å². The lowest BCUT2D eigenvalue weighted by atomic mass is 9.82. The summed E-state index contributed by atoms with van der Waals surface area (Å²) in [6, 6.07) is 2.72. The van der Waals surface area contributed by atoms with Crippen LogP contribution in [0.1, 0.15) is 44.9 Å². The molecule has 0 N–H and O–H groups in total. The average Bonchev–Trinajstić information content (AvgIpc) is 3.15. The highest BCUT2D eigenvalue weighted by Crippen LogP contribution is 2.32. The third kappa shape index (κ3) is 4.88. The van der Waals surface area contributed by atoms with Gasteiger partial charge in [-0.3, -0.25) is 4.79 Å². The molecular formula is C20H22FN3O4. The van der Waals surface area contributed by atoms with E-state index >= 15 is 0 Å². The largest absolute Gasteiger partial charge is 0.466 e. The summed E-state index contributed by atoms with van der Waals surface area (Å²) in [5, 5.41) is 3.81. The molecule has 2 aromatic rings. The van der Waals surface area contributed by atoms with E-state index in [0.29, 0.717) is 35.9 Å². The number of hydrogen-bond donors (Lipinski definition) is 0. The van der Waals surface area contributed by atoms with Gasteiger partial charge in [-0.15, -0.1) is 0 Å². The number of Topliss-reactive ketones (excluding diaryl/α,β-unsaturated/α-hetero) is 1. The fraction of sp³-hybridized carbons (Fsp3) is 0.450. The second-order valence-electron chi connectivity index (χ2n) is 7.01. The molecule has 0 saturated carbocycles. The number of ether oxygens (including phenoxy) is 1. The van der Waals surface area contributed by atoms with Crippen molar-refractivity contribution in [3.63, 3.8) is 0 Å². The second-order valence-corrected chi connectivity index (χ2v) is 7.01. The van der Waals surface area contributed by atoms with Gasteiger partial charge in [0.1, 0.15) is 17.3 Å². The number of rotatable bonds is 7. The van der Waals surface area contributed by atoms with E-state index in [0.717, 1.165) is 24.6 Å². The summed E-state index contributed by atoms with van der Waals surface area (Å²) in [6.07, 6.45) is 4.13. The highest BCUT2D eigenvalue weighted by Gasteiger charge is 2.25. The number of pyridine rings is 1. The molecule has 0 amide bonds. The third-order valence-electron chi connectivity index (χ3n) is 4.79. The van der Waals surface area contributed by atoms with Crippen LogP contribution >= 0.6 is 0 Å². The molecule has 0 saturated heterocycles. The Morgan fingerprint density at radius 3 is 2.89 bits per heavy atom. The van der Waals surface area contributed by atoms with Crippen molar-refractivity contribution in [2.75, 3.05) is 7.11 Å². The number of halogens is 1. The minimum absolute atomic E-state index is 0.00478. The monoisotopic (exact) mass is 387 g/mol. The maximum absolute atomic E-state index is 12.9. The van der Waals surface area contributed by atoms with Crippen molar-refractivity contribution in [1.82, 2.24) is 15.1 Å². The van der Waals surface area contributed by atoms with Crippen molar-refractivity contribution in [3.05, 3.63) is 41.2 Å². The van der Waals surface area contributed by atoms with E-state index in [2.05, 4.69) is 22.0 Å². The van der Waals surface area contributed by atoms with Crippen molar-refractivity contribution in [1.29, 1.82) is 0 Å². The Morgan fingerprint density at radius 1 is 1.36 bits per heavy atom. The summed E-state index contributed by atoms with van der Waals surface area (Å²) in [4.78, 5) is 32.5. The van der Waals surface area contributed by atoms with Crippen LogP contribution in [0.2, 0.25) is 0 Å². The third-order valence-corrected chi connectivity index (χ3v) is 4.79. The average molecular weight is 387 g/mol. The van der Waals surface area contributed by atoms with Crippen molar-refractivity contribution in [3.8, 4) is 11.5 Å². The van der Waals surface area contributed by atoms with Gasteiger partial charge in [0.25, 0.3) is 0 Å². The van der Waals surface area contributed by atoms with Gasteiger partial charge in [0.2, 0.25) is 11.7 Å². The molecule has 3 rings (SSSR count). The highest BCUT2D eigenvalue weighted by molar-refractivity contribution is 5.91. The zero-order valence-corrected chi connectivity index (χ0v) is 15.9. The first-order valence-corrected chi connectivity index (χ1v) is 9.21. The van der Waals surface area contributed by atoms with Crippen molar-refractivity contribution in [2.45, 2.75) is 45.4 Å². The topological polar surface area (TPSA) is 95.2 Å². The summed E-state index contributed by atoms with van der Waals surface area (Å²) in [5.41, 5.74) is 1.90. The molecule has 0 spiro atoms. The molecule has 0 fully saturated rings. The molecule has 148 valence electrons. The van der Waals surface area contributed by atoms with Crippen LogP contribution in [0.15, 0.2) is 34.0 Å². The van der Waals surface area contributed by atoms with Gasteiger partial charge in [0.05, 0.1) is 13.3 Å². The molecule has 1 aliphatic carbocycles. The van der Waals surface area contributed by atoms with Gasteiger partial charge in [-0.05, 0) is 37.3 Å². The van der Waals surface area contributed by atoms with Crippen LogP contribution in [-0.4, -0.2) is 34.0 Å². The first-order valence-electron chi connectivity index (χ1n) is 9.21. The standard InChI is InChI=1S/C20H22FN3O4/c1-12-3-6-16(20(26)27-2)13(9-12)10-15(25)5-8-18-23-19(24-28-18)17-7-4-14(21)11-22-17/h4,7,11-12H,3,5-6,8-10H2,1-2H3. The molecule has 2 aromatic heterocycles. The van der Waals surface area contributed by atoms with Gasteiger partial charge < -0.3 is 9.26 Å². The van der Waals surface area contributed by atoms with Crippen LogP contribution < -0.4 is 0 Å². The summed E-state index contributed by atoms with van der Waals surface area (Å²) in [5.74, 6) is 0.217. The zero-order valence-electron chi connectivity index (χ0n) is 15.9. The molecular weight excluding hydrogens is 365 g/mol. The Bertz CT molecular complexity index is 889. The molecule has 0 aliphatic heterocycles. The molecule has 28 heavy (non-hydrogen) atoms. The van der Waals surface area contributed by atoms with Gasteiger partial charge >= 0.3 is 5.97 Å². The fourth-order valence-corrected chi connectivity index (χ4v) is 3.30. The van der Waals surface area contributed by atoms with E-state index in [9.17, 15) is 14.0 Å². The maximum Gasteiger partial charge on any atom is 0.333 e. The number of nitrogens with zero attached hydrogens (tertiary/aromatic N) is 3. The van der Waals surface area contributed by atoms with Crippen molar-refractivity contribution >= 4 is 11.8 Å². The minimum Gasteiger partial charge on any atom is -0.466 e. The van der Waals surface area contributed by atoms with Crippen molar-refractivity contribution in [2.24, 2.45) is 5.92 Å². The quantitative estimate of drug-likeness (QED) is 0.672. The predicted octanol–water partition coefficient (Wildman–Crippen LogP) is 3.45. The number of methoxy groups -OCH3 is 1. The van der Waals surface area contributed by atoms with Gasteiger partial charge in [-0.1, -0.05) is 17.7 Å². The molecule has 1 aliphatic rings. The second kappa shape index (κ2) is 8.86. The number of hydrogen-bond acceptors (Lipinski definition) is 7. The number of aromatic nitrogens is 3. The fourth-order valence-electron chi connectivity index (χ4n) is 3.30. The van der Waals surface area contributed by atoms with E-state index in [-0.39, 0.29) is 30.4 Å². The lowest BCUT2D eigenvalue weighted by Gasteiger charge is -2.23. The Morgan fingerprint density at radius 2 is 2.18 bits per heavy atom. The first kappa shape index (κ1) is 19.9. The molecule has 0 bridgehead atoms. The molecule has 8 heteroatoms. The van der Waals surface area contributed by atoms with E-state index in [4.69, 9.17) is 9.26 Å². The number of allylic oxidation sites excluding steroid dienone is 1. The Balaban J connectivity index is 1.60. The molecule has 0 aromatic carbocycles. The lowest BCUT2D eigenvalue weighted by molar-refractivity contribution is -0.136. The van der Waals surface area contributed by atoms with Gasteiger partial charge in [0, 0.05) is 24.8 Å². The zero-order chi connectivity index (χ0) is 20.1. The normalized spacial score (nSPS) is 16.9. The Labute approximate surface area is 162 Å². The maximum atomic E-state index is 12.9. The van der Waals surface area contributed by atoms with Gasteiger partial charge in [-0.25, -0.2) is 14.2 Å². The summed E-state index contributed by atoms with van der Waals surface area (Å²) in [7, 11) is 1.36. The van der Waals surface area contributed by atoms with E-state index in [1.165, 1.54) is 19.2 Å². The van der Waals surface area contributed by atoms with Crippen LogP contribution in [-0.2, 0) is 20.7 Å². The number of ketones is 1. The van der Waals surface area contributed by atoms with E-state index in [1.54, 1.807) is 0 Å². The van der Waals surface area contributed by atoms with Crippen LogP contribution in [0.3, 0.4) is 0 Å². The van der Waals surface area contributed by atoms with Gasteiger partial charge in [-0.2, -0.15) is 4.98 Å². The number of carbonyl (C=O) groups excluding carboxylic acids is 2. The van der Waals surface area contributed by atoms with Gasteiger partial charge in [0.15, 0.2) is 0 Å². The van der Waals surface area contributed by atoms with Crippen LogP contribution in [0.25, 0.3) is 11.5 Å². The van der Waals surface area contributed by atoms with E-state index in [1.807, 2.05) is 0 Å². The SMILES string of the molecule is COC(=O)C1=C(CC(=O)CCc2nc(-c3ccc(F)cn3)no2)CC(C)CC1. The number of esters is 1. The Hall–Kier alpha value is -2.90. The number of carbonyl (C=O) groups is 2. The summed E-state index contributed by atoms with van der Waals surface area (Å²) < 4.78 is 22.9. The summed E-state index contributed by atoms with van der Waals surface area (Å²) in [6.45, 7) is 2.11. The molecule has 0 radical (unpaired) electrons. The molecule has 1 atom stereocenters. The Kier molecular flexibility index (Phi) is 6.28. The van der Waals surface area contributed by atoms with E-state index < -0.39 is 5.82 Å². The molecule has 1 unspecified atom stereocenters. The smallest absolute Gasteiger partial charge is 0.333 e. The predicted molar refractivity (Wildman–Crippen MR) is 97.5 cm³/mol. The highest BCUT2D eigenvalue weighted by atomic mass is 19.1. The molecule has 7 nitrogen and oxygen atoms in total. The minimum atomic E-state index is -0.448. The van der Waals surface area contributed by atoms with Crippen LogP contribution in [0, 0.1) is 11.7 Å². The first-order chi connectivity index (χ1) is 13.5. The summed E-state index contributed by atoms with van der Waals surface area (Å²) >= 11 is 0.